The standard InChI is InChI=1S/C17H17N3O4S/c21-15(19-10-16(22)18-9-11-4-3-7-24-11)8-14-17(23)20-12-5-1-2-6-13(12)25-14/h1-7,14H,8-10H2,(H,18,22)(H,19,21)(H,20,23)/t14-/m1/s1. The van der Waals surface area contributed by atoms with Gasteiger partial charge in [-0.3, -0.25) is 14.4 Å². The molecule has 1 atom stereocenters. The maximum Gasteiger partial charge on any atom is 0.239 e. The quantitative estimate of drug-likeness (QED) is 0.726. The van der Waals surface area contributed by atoms with E-state index in [1.165, 1.54) is 18.0 Å². The van der Waals surface area contributed by atoms with Crippen molar-refractivity contribution in [1.82, 2.24) is 10.6 Å². The molecule has 0 saturated heterocycles. The molecule has 3 amide bonds. The molecule has 8 heteroatoms. The van der Waals surface area contributed by atoms with Crippen molar-refractivity contribution in [3.8, 4) is 0 Å². The van der Waals surface area contributed by atoms with E-state index in [4.69, 9.17) is 4.42 Å². The lowest BCUT2D eigenvalue weighted by Crippen LogP contribution is -2.39. The molecule has 2 heterocycles. The molecule has 1 aromatic carbocycles. The molecular weight excluding hydrogens is 342 g/mol. The van der Waals surface area contributed by atoms with E-state index in [2.05, 4.69) is 16.0 Å². The molecule has 2 aromatic rings. The Morgan fingerprint density at radius 2 is 1.96 bits per heavy atom. The number of rotatable bonds is 6. The minimum atomic E-state index is -0.513. The molecule has 0 aliphatic carbocycles. The van der Waals surface area contributed by atoms with Crippen LogP contribution in [0.15, 0.2) is 52.0 Å². The zero-order valence-electron chi connectivity index (χ0n) is 13.3. The Morgan fingerprint density at radius 3 is 2.76 bits per heavy atom. The van der Waals surface area contributed by atoms with Gasteiger partial charge in [0.15, 0.2) is 0 Å². The summed E-state index contributed by atoms with van der Waals surface area (Å²) in [5.41, 5.74) is 0.756. The van der Waals surface area contributed by atoms with Crippen LogP contribution < -0.4 is 16.0 Å². The van der Waals surface area contributed by atoms with Crippen LogP contribution in [-0.4, -0.2) is 29.5 Å². The molecule has 130 valence electrons. The third kappa shape index (κ3) is 4.63. The average Bonchev–Trinajstić information content (AvgIpc) is 3.12. The highest BCUT2D eigenvalue weighted by atomic mass is 32.2. The van der Waals surface area contributed by atoms with Gasteiger partial charge < -0.3 is 20.4 Å². The number of carbonyl (C=O) groups is 3. The van der Waals surface area contributed by atoms with Gasteiger partial charge in [-0.15, -0.1) is 11.8 Å². The fraction of sp³-hybridized carbons (Fsp3) is 0.235. The van der Waals surface area contributed by atoms with Crippen LogP contribution in [0.5, 0.6) is 0 Å². The zero-order valence-corrected chi connectivity index (χ0v) is 14.1. The minimum absolute atomic E-state index is 0.0102. The number of nitrogens with one attached hydrogen (secondary N) is 3. The summed E-state index contributed by atoms with van der Waals surface area (Å²) in [5, 5.41) is 7.44. The van der Waals surface area contributed by atoms with E-state index in [1.54, 1.807) is 12.1 Å². The van der Waals surface area contributed by atoms with E-state index in [0.717, 1.165) is 10.6 Å². The highest BCUT2D eigenvalue weighted by Gasteiger charge is 2.28. The van der Waals surface area contributed by atoms with Crippen LogP contribution >= 0.6 is 11.8 Å². The van der Waals surface area contributed by atoms with Gasteiger partial charge in [0.05, 0.1) is 30.3 Å². The number of para-hydroxylation sites is 1. The summed E-state index contributed by atoms with van der Waals surface area (Å²) in [4.78, 5) is 36.7. The normalized spacial score (nSPS) is 15.8. The van der Waals surface area contributed by atoms with Gasteiger partial charge in [-0.05, 0) is 24.3 Å². The molecule has 25 heavy (non-hydrogen) atoms. The molecule has 1 aliphatic heterocycles. The molecule has 3 N–H and O–H groups in total. The van der Waals surface area contributed by atoms with Crippen LogP contribution in [0.25, 0.3) is 0 Å². The second-order valence-corrected chi connectivity index (χ2v) is 6.67. The summed E-state index contributed by atoms with van der Waals surface area (Å²) in [6.07, 6.45) is 1.53. The molecule has 0 unspecified atom stereocenters. The lowest BCUT2D eigenvalue weighted by atomic mass is 10.2. The van der Waals surface area contributed by atoms with Gasteiger partial charge in [-0.2, -0.15) is 0 Å². The predicted molar refractivity (Wildman–Crippen MR) is 92.9 cm³/mol. The first kappa shape index (κ1) is 17.1. The number of thioether (sulfide) groups is 1. The number of benzene rings is 1. The van der Waals surface area contributed by atoms with Crippen molar-refractivity contribution in [1.29, 1.82) is 0 Å². The topological polar surface area (TPSA) is 100 Å². The van der Waals surface area contributed by atoms with E-state index < -0.39 is 5.25 Å². The van der Waals surface area contributed by atoms with Crippen molar-refractivity contribution >= 4 is 35.2 Å². The summed E-state index contributed by atoms with van der Waals surface area (Å²) >= 11 is 1.35. The summed E-state index contributed by atoms with van der Waals surface area (Å²) < 4.78 is 5.10. The number of amides is 3. The second-order valence-electron chi connectivity index (χ2n) is 5.43. The van der Waals surface area contributed by atoms with Crippen LogP contribution in [0.4, 0.5) is 5.69 Å². The highest BCUT2D eigenvalue weighted by Crippen LogP contribution is 2.36. The van der Waals surface area contributed by atoms with Gasteiger partial charge in [-0.25, -0.2) is 0 Å². The number of carbonyl (C=O) groups excluding carboxylic acids is 3. The minimum Gasteiger partial charge on any atom is -0.467 e. The lowest BCUT2D eigenvalue weighted by molar-refractivity contribution is -0.127. The number of fused-ring (bicyclic) bond motifs is 1. The fourth-order valence-corrected chi connectivity index (χ4v) is 3.42. The van der Waals surface area contributed by atoms with Crippen LogP contribution in [0.2, 0.25) is 0 Å². The smallest absolute Gasteiger partial charge is 0.239 e. The number of anilines is 1. The van der Waals surface area contributed by atoms with Crippen molar-refractivity contribution in [2.24, 2.45) is 0 Å². The molecule has 0 fully saturated rings. The summed E-state index contributed by atoms with van der Waals surface area (Å²) in [6.45, 7) is 0.120. The van der Waals surface area contributed by atoms with Crippen molar-refractivity contribution < 1.29 is 18.8 Å². The van der Waals surface area contributed by atoms with E-state index in [1.807, 2.05) is 24.3 Å². The Labute approximate surface area is 148 Å². The fourth-order valence-electron chi connectivity index (χ4n) is 2.31. The van der Waals surface area contributed by atoms with Gasteiger partial charge in [0.2, 0.25) is 17.7 Å². The first-order valence-corrected chi connectivity index (χ1v) is 8.62. The van der Waals surface area contributed by atoms with Gasteiger partial charge >= 0.3 is 0 Å². The summed E-state index contributed by atoms with van der Waals surface area (Å²) in [7, 11) is 0. The molecule has 0 saturated carbocycles. The summed E-state index contributed by atoms with van der Waals surface area (Å²) in [5.74, 6) is -0.245. The van der Waals surface area contributed by atoms with E-state index >= 15 is 0 Å². The molecule has 1 aromatic heterocycles. The molecule has 0 bridgehead atoms. The largest absolute Gasteiger partial charge is 0.467 e. The SMILES string of the molecule is O=C(CNC(=O)C[C@H]1Sc2ccccc2NC1=O)NCc1ccco1. The van der Waals surface area contributed by atoms with Crippen molar-refractivity contribution in [3.63, 3.8) is 0 Å². The van der Waals surface area contributed by atoms with Crippen molar-refractivity contribution in [3.05, 3.63) is 48.4 Å². The first-order valence-electron chi connectivity index (χ1n) is 7.74. The second kappa shape index (κ2) is 7.89. The molecule has 0 radical (unpaired) electrons. The van der Waals surface area contributed by atoms with Crippen LogP contribution in [-0.2, 0) is 20.9 Å². The van der Waals surface area contributed by atoms with Crippen LogP contribution in [0, 0.1) is 0 Å². The van der Waals surface area contributed by atoms with Crippen molar-refractivity contribution in [2.75, 3.05) is 11.9 Å². The Kier molecular flexibility index (Phi) is 5.39. The Hall–Kier alpha value is -2.74. The molecule has 7 nitrogen and oxygen atoms in total. The van der Waals surface area contributed by atoms with Crippen LogP contribution in [0.3, 0.4) is 0 Å². The Morgan fingerprint density at radius 1 is 1.12 bits per heavy atom. The number of hydrogen-bond acceptors (Lipinski definition) is 5. The maximum absolute atomic E-state index is 12.1. The first-order chi connectivity index (χ1) is 12.1. The zero-order chi connectivity index (χ0) is 17.6. The Bertz CT molecular complexity index is 776. The average molecular weight is 359 g/mol. The number of hydrogen-bond donors (Lipinski definition) is 3. The molecule has 3 rings (SSSR count). The number of furan rings is 1. The predicted octanol–water partition coefficient (Wildman–Crippen LogP) is 1.52. The Balaban J connectivity index is 1.43. The third-order valence-electron chi connectivity index (χ3n) is 3.56. The monoisotopic (exact) mass is 359 g/mol. The van der Waals surface area contributed by atoms with E-state index in [0.29, 0.717) is 5.76 Å². The van der Waals surface area contributed by atoms with Crippen LogP contribution in [0.1, 0.15) is 12.2 Å². The van der Waals surface area contributed by atoms with Gasteiger partial charge in [0, 0.05) is 11.3 Å². The lowest BCUT2D eigenvalue weighted by Gasteiger charge is -2.23. The summed E-state index contributed by atoms with van der Waals surface area (Å²) in [6, 6.07) is 10.9. The van der Waals surface area contributed by atoms with Gasteiger partial charge in [-0.1, -0.05) is 12.1 Å². The molecular formula is C17H17N3O4S. The van der Waals surface area contributed by atoms with Gasteiger partial charge in [0.25, 0.3) is 0 Å². The van der Waals surface area contributed by atoms with E-state index in [-0.39, 0.29) is 37.2 Å². The van der Waals surface area contributed by atoms with Gasteiger partial charge in [0.1, 0.15) is 5.76 Å². The molecule has 0 spiro atoms. The van der Waals surface area contributed by atoms with Crippen molar-refractivity contribution in [2.45, 2.75) is 23.1 Å². The maximum atomic E-state index is 12.1. The third-order valence-corrected chi connectivity index (χ3v) is 4.84. The van der Waals surface area contributed by atoms with E-state index in [9.17, 15) is 14.4 Å². The highest BCUT2D eigenvalue weighted by molar-refractivity contribution is 8.01. The molecule has 1 aliphatic rings.